The van der Waals surface area contributed by atoms with E-state index in [1.165, 1.54) is 22.3 Å². The summed E-state index contributed by atoms with van der Waals surface area (Å²) in [5.41, 5.74) is 5.56. The molecular weight excluding hydrogens is 339 g/mol. The summed E-state index contributed by atoms with van der Waals surface area (Å²) in [6, 6.07) is 8.22. The molecule has 2 rings (SSSR count). The van der Waals surface area contributed by atoms with E-state index in [4.69, 9.17) is 0 Å². The van der Waals surface area contributed by atoms with E-state index >= 15 is 0 Å². The molecule has 0 saturated carbocycles. The molecule has 0 amide bonds. The molecule has 1 aliphatic rings. The molecular formula is C17H22Cl2OTi. The fraction of sp³-hybridized carbons (Fsp3) is 0.412. The summed E-state index contributed by atoms with van der Waals surface area (Å²) in [6.07, 6.45) is 2.25. The standard InChI is InChI=1S/C17H22O.2ClH.Ti/c1-11-10-12(2)16(13(11)3)14-8-6-7-9-15(14)17(4,5)18;;;/h6-10,16,18H,1-5H3;2*1H;/q;;;+2/p-2. The third-order valence-corrected chi connectivity index (χ3v) is 3.89. The van der Waals surface area contributed by atoms with Crippen molar-refractivity contribution in [2.45, 2.75) is 46.1 Å². The molecule has 0 fully saturated rings. The number of rotatable bonds is 2. The quantitative estimate of drug-likeness (QED) is 0.623. The molecule has 0 saturated heterocycles. The average molecular weight is 361 g/mol. The van der Waals surface area contributed by atoms with Crippen molar-refractivity contribution in [2.75, 3.05) is 0 Å². The van der Waals surface area contributed by atoms with Crippen molar-refractivity contribution in [3.63, 3.8) is 0 Å². The first kappa shape index (κ1) is 23.2. The Labute approximate surface area is 155 Å². The van der Waals surface area contributed by atoms with Gasteiger partial charge in [-0.05, 0) is 45.7 Å². The normalized spacial score (nSPS) is 17.4. The van der Waals surface area contributed by atoms with Gasteiger partial charge in [-0.1, -0.05) is 47.1 Å². The van der Waals surface area contributed by atoms with Crippen LogP contribution in [0.1, 0.15) is 51.7 Å². The smallest absolute Gasteiger partial charge is 1.00 e. The van der Waals surface area contributed by atoms with Gasteiger partial charge >= 0.3 is 21.7 Å². The monoisotopic (exact) mass is 360 g/mol. The summed E-state index contributed by atoms with van der Waals surface area (Å²) < 4.78 is 0. The minimum atomic E-state index is -0.798. The number of allylic oxidation sites excluding steroid dienone is 4. The fourth-order valence-corrected chi connectivity index (χ4v) is 2.89. The molecule has 0 aromatic heterocycles. The first-order valence-corrected chi connectivity index (χ1v) is 6.49. The molecule has 1 unspecified atom stereocenters. The molecule has 1 aromatic carbocycles. The summed E-state index contributed by atoms with van der Waals surface area (Å²) >= 11 is 0. The maximum atomic E-state index is 10.3. The van der Waals surface area contributed by atoms with E-state index in [1.54, 1.807) is 0 Å². The molecule has 0 bridgehead atoms. The Morgan fingerprint density at radius 1 is 1.00 bits per heavy atom. The van der Waals surface area contributed by atoms with Crippen LogP contribution in [0.4, 0.5) is 0 Å². The van der Waals surface area contributed by atoms with E-state index in [1.807, 2.05) is 26.0 Å². The fourth-order valence-electron chi connectivity index (χ4n) is 2.89. The van der Waals surface area contributed by atoms with Crippen LogP contribution in [0.5, 0.6) is 0 Å². The molecule has 1 aliphatic carbocycles. The van der Waals surface area contributed by atoms with Crippen molar-refractivity contribution in [1.82, 2.24) is 0 Å². The van der Waals surface area contributed by atoms with Gasteiger partial charge in [0.15, 0.2) is 0 Å². The Hall–Kier alpha value is -0.0457. The number of halogens is 2. The van der Waals surface area contributed by atoms with Crippen molar-refractivity contribution >= 4 is 0 Å². The van der Waals surface area contributed by atoms with Crippen LogP contribution in [-0.4, -0.2) is 5.11 Å². The molecule has 1 aromatic rings. The van der Waals surface area contributed by atoms with Gasteiger partial charge in [0.25, 0.3) is 0 Å². The molecule has 0 aliphatic heterocycles. The zero-order valence-electron chi connectivity index (χ0n) is 13.2. The molecule has 1 nitrogen and oxygen atoms in total. The molecule has 4 heteroatoms. The Kier molecular flexibility index (Phi) is 9.46. The zero-order valence-corrected chi connectivity index (χ0v) is 16.2. The van der Waals surface area contributed by atoms with Gasteiger partial charge < -0.3 is 29.9 Å². The van der Waals surface area contributed by atoms with Gasteiger partial charge in [0.2, 0.25) is 0 Å². The van der Waals surface area contributed by atoms with Gasteiger partial charge in [-0.2, -0.15) is 0 Å². The molecule has 0 spiro atoms. The van der Waals surface area contributed by atoms with Crippen LogP contribution in [0.15, 0.2) is 47.1 Å². The first-order valence-electron chi connectivity index (χ1n) is 6.49. The molecule has 1 atom stereocenters. The third-order valence-electron chi connectivity index (χ3n) is 3.89. The van der Waals surface area contributed by atoms with Crippen LogP contribution in [0.2, 0.25) is 0 Å². The van der Waals surface area contributed by atoms with E-state index in [-0.39, 0.29) is 46.5 Å². The van der Waals surface area contributed by atoms with Crippen LogP contribution >= 0.6 is 0 Å². The van der Waals surface area contributed by atoms with E-state index in [0.29, 0.717) is 5.92 Å². The maximum absolute atomic E-state index is 10.3. The zero-order chi connectivity index (χ0) is 13.5. The number of hydrogen-bond acceptors (Lipinski definition) is 1. The predicted molar refractivity (Wildman–Crippen MR) is 76.6 cm³/mol. The molecule has 21 heavy (non-hydrogen) atoms. The van der Waals surface area contributed by atoms with E-state index in [9.17, 15) is 5.11 Å². The van der Waals surface area contributed by atoms with Crippen molar-refractivity contribution in [3.8, 4) is 0 Å². The molecule has 1 N–H and O–H groups in total. The summed E-state index contributed by atoms with van der Waals surface area (Å²) in [5, 5.41) is 10.3. The van der Waals surface area contributed by atoms with Gasteiger partial charge in [-0.15, -0.1) is 0 Å². The second-order valence-corrected chi connectivity index (χ2v) is 5.83. The topological polar surface area (TPSA) is 20.2 Å². The third kappa shape index (κ3) is 4.71. The van der Waals surface area contributed by atoms with Gasteiger partial charge in [0.05, 0.1) is 5.60 Å². The van der Waals surface area contributed by atoms with Crippen LogP contribution < -0.4 is 24.8 Å². The summed E-state index contributed by atoms with van der Waals surface area (Å²) in [5.74, 6) is 0.327. The largest absolute Gasteiger partial charge is 2.00 e. The Morgan fingerprint density at radius 2 is 1.52 bits per heavy atom. The number of benzene rings is 1. The van der Waals surface area contributed by atoms with Gasteiger partial charge in [0, 0.05) is 5.92 Å². The molecule has 114 valence electrons. The van der Waals surface area contributed by atoms with Crippen molar-refractivity contribution in [2.24, 2.45) is 0 Å². The van der Waals surface area contributed by atoms with E-state index in [0.717, 1.165) is 5.56 Å². The Balaban J connectivity index is 0. The van der Waals surface area contributed by atoms with Crippen LogP contribution in [0.3, 0.4) is 0 Å². The van der Waals surface area contributed by atoms with Crippen LogP contribution in [0, 0.1) is 0 Å². The summed E-state index contributed by atoms with van der Waals surface area (Å²) in [4.78, 5) is 0. The second kappa shape index (κ2) is 8.55. The van der Waals surface area contributed by atoms with Gasteiger partial charge in [0.1, 0.15) is 0 Å². The SMILES string of the molecule is CC1=CC(C)=C(C)C1c1ccccc1C(C)(C)O.[Cl-].[Cl-].[Ti+2]. The first-order chi connectivity index (χ1) is 8.32. The maximum Gasteiger partial charge on any atom is 2.00 e. The van der Waals surface area contributed by atoms with Gasteiger partial charge in [-0.25, -0.2) is 0 Å². The average Bonchev–Trinajstić information content (AvgIpc) is 2.52. The molecule has 0 radical (unpaired) electrons. The summed E-state index contributed by atoms with van der Waals surface area (Å²) in [7, 11) is 0. The van der Waals surface area contributed by atoms with Crippen molar-refractivity contribution in [3.05, 3.63) is 58.2 Å². The molecule has 0 heterocycles. The minimum Gasteiger partial charge on any atom is -1.00 e. The van der Waals surface area contributed by atoms with Gasteiger partial charge in [-0.3, -0.25) is 0 Å². The van der Waals surface area contributed by atoms with Crippen LogP contribution in [-0.2, 0) is 27.3 Å². The number of aliphatic hydroxyl groups is 1. The van der Waals surface area contributed by atoms with Crippen LogP contribution in [0.25, 0.3) is 0 Å². The predicted octanol–water partition coefficient (Wildman–Crippen LogP) is -1.70. The second-order valence-electron chi connectivity index (χ2n) is 5.83. The Bertz CT molecular complexity index is 542. The van der Waals surface area contributed by atoms with E-state index in [2.05, 4.69) is 39.0 Å². The van der Waals surface area contributed by atoms with E-state index < -0.39 is 5.60 Å². The summed E-state index contributed by atoms with van der Waals surface area (Å²) in [6.45, 7) is 10.2. The van der Waals surface area contributed by atoms with Crippen molar-refractivity contribution < 1.29 is 51.6 Å². The minimum absolute atomic E-state index is 0. The number of hydrogen-bond donors (Lipinski definition) is 1. The Morgan fingerprint density at radius 3 is 1.95 bits per heavy atom. The van der Waals surface area contributed by atoms with Crippen molar-refractivity contribution in [1.29, 1.82) is 0 Å².